The van der Waals surface area contributed by atoms with Crippen LogP contribution < -0.4 is 0 Å². The van der Waals surface area contributed by atoms with Crippen LogP contribution in [0.15, 0.2) is 24.3 Å². The van der Waals surface area contributed by atoms with Gasteiger partial charge in [0.15, 0.2) is 0 Å². The molecule has 0 N–H and O–H groups in total. The zero-order valence-electron chi connectivity index (χ0n) is 10.1. The van der Waals surface area contributed by atoms with E-state index < -0.39 is 11.7 Å². The highest BCUT2D eigenvalue weighted by atomic mass is 19.1. The molecule has 1 heterocycles. The summed E-state index contributed by atoms with van der Waals surface area (Å²) in [6.07, 6.45) is 2.10. The number of rotatable bonds is 3. The van der Waals surface area contributed by atoms with Crippen LogP contribution in [-0.2, 0) is 4.79 Å². The highest BCUT2D eigenvalue weighted by Crippen LogP contribution is 2.23. The first-order valence-corrected chi connectivity index (χ1v) is 6.14. The number of hydrogen-bond donors (Lipinski definition) is 0. The van der Waals surface area contributed by atoms with E-state index in [0.717, 1.165) is 25.9 Å². The molecule has 0 bridgehead atoms. The van der Waals surface area contributed by atoms with Crippen LogP contribution in [0.1, 0.15) is 30.7 Å². The van der Waals surface area contributed by atoms with Crippen molar-refractivity contribution >= 4 is 5.91 Å². The number of carbonyl (C=O) groups excluding carboxylic acids is 1. The Morgan fingerprint density at radius 3 is 2.67 bits per heavy atom. The van der Waals surface area contributed by atoms with Crippen molar-refractivity contribution in [3.05, 3.63) is 35.6 Å². The van der Waals surface area contributed by atoms with Gasteiger partial charge in [-0.25, -0.2) is 4.39 Å². The molecule has 0 aliphatic carbocycles. The molecule has 0 aromatic heterocycles. The van der Waals surface area contributed by atoms with E-state index in [1.165, 1.54) is 6.07 Å². The second-order valence-electron chi connectivity index (χ2n) is 4.50. The maximum Gasteiger partial charge on any atom is 0.224 e. The molecule has 1 amide bonds. The first kappa shape index (κ1) is 12.6. The lowest BCUT2D eigenvalue weighted by Crippen LogP contribution is -2.28. The van der Waals surface area contributed by atoms with E-state index in [0.29, 0.717) is 5.56 Å². The lowest BCUT2D eigenvalue weighted by molar-refractivity contribution is -0.130. The highest BCUT2D eigenvalue weighted by Gasteiger charge is 2.24. The molecule has 1 saturated heterocycles. The van der Waals surface area contributed by atoms with Crippen molar-refractivity contribution < 1.29 is 9.18 Å². The molecule has 1 unspecified atom stereocenters. The Balaban J connectivity index is 2.08. The Hall–Kier alpha value is -1.89. The maximum absolute atomic E-state index is 13.6. The Morgan fingerprint density at radius 2 is 2.06 bits per heavy atom. The zero-order chi connectivity index (χ0) is 13.0. The van der Waals surface area contributed by atoms with Crippen LogP contribution in [0, 0.1) is 17.1 Å². The minimum atomic E-state index is -0.695. The molecule has 1 aliphatic heterocycles. The lowest BCUT2D eigenvalue weighted by Gasteiger charge is -2.17. The van der Waals surface area contributed by atoms with Gasteiger partial charge < -0.3 is 4.90 Å². The van der Waals surface area contributed by atoms with Gasteiger partial charge in [0.2, 0.25) is 5.91 Å². The van der Waals surface area contributed by atoms with E-state index in [1.807, 2.05) is 6.07 Å². The van der Waals surface area contributed by atoms with Crippen LogP contribution in [-0.4, -0.2) is 23.9 Å². The molecule has 4 heteroatoms. The van der Waals surface area contributed by atoms with Gasteiger partial charge in [-0.1, -0.05) is 18.2 Å². The zero-order valence-corrected chi connectivity index (χ0v) is 10.1. The molecule has 1 aromatic rings. The van der Waals surface area contributed by atoms with E-state index in [1.54, 1.807) is 23.1 Å². The van der Waals surface area contributed by atoms with Gasteiger partial charge in [0.1, 0.15) is 5.82 Å². The summed E-state index contributed by atoms with van der Waals surface area (Å²) < 4.78 is 13.6. The van der Waals surface area contributed by atoms with E-state index in [4.69, 9.17) is 5.26 Å². The number of amides is 1. The predicted octanol–water partition coefficient (Wildman–Crippen LogP) is 2.45. The molecule has 1 aromatic carbocycles. The number of nitriles is 1. The summed E-state index contributed by atoms with van der Waals surface area (Å²) in [5, 5.41) is 9.11. The van der Waals surface area contributed by atoms with Gasteiger partial charge in [0.25, 0.3) is 0 Å². The third-order valence-electron chi connectivity index (χ3n) is 3.27. The Bertz CT molecular complexity index is 475. The lowest BCUT2D eigenvalue weighted by atomic mass is 9.96. The molecular weight excluding hydrogens is 231 g/mol. The molecule has 2 rings (SSSR count). The molecule has 18 heavy (non-hydrogen) atoms. The molecule has 0 radical (unpaired) electrons. The molecule has 0 spiro atoms. The monoisotopic (exact) mass is 246 g/mol. The predicted molar refractivity (Wildman–Crippen MR) is 65.2 cm³/mol. The number of halogens is 1. The van der Waals surface area contributed by atoms with Crippen molar-refractivity contribution in [3.63, 3.8) is 0 Å². The molecule has 1 fully saturated rings. The maximum atomic E-state index is 13.6. The average Bonchev–Trinajstić information content (AvgIpc) is 2.90. The first-order chi connectivity index (χ1) is 8.72. The standard InChI is InChI=1S/C14H15FN2O/c15-13-6-2-1-5-12(13)11(10-16)9-14(18)17-7-3-4-8-17/h1-2,5-6,11H,3-4,7-9H2. The van der Waals surface area contributed by atoms with Crippen LogP contribution >= 0.6 is 0 Å². The number of carbonyl (C=O) groups is 1. The highest BCUT2D eigenvalue weighted by molar-refractivity contribution is 5.77. The van der Waals surface area contributed by atoms with Crippen LogP contribution in [0.25, 0.3) is 0 Å². The SMILES string of the molecule is N#CC(CC(=O)N1CCCC1)c1ccccc1F. The third-order valence-corrected chi connectivity index (χ3v) is 3.27. The second kappa shape index (κ2) is 5.63. The van der Waals surface area contributed by atoms with Gasteiger partial charge in [-0.15, -0.1) is 0 Å². The Kier molecular flexibility index (Phi) is 3.93. The Labute approximate surface area is 106 Å². The van der Waals surface area contributed by atoms with Crippen LogP contribution in [0.3, 0.4) is 0 Å². The van der Waals surface area contributed by atoms with Gasteiger partial charge in [0.05, 0.1) is 12.0 Å². The number of hydrogen-bond acceptors (Lipinski definition) is 2. The molecule has 1 atom stereocenters. The van der Waals surface area contributed by atoms with Gasteiger partial charge in [-0.2, -0.15) is 5.26 Å². The fourth-order valence-corrected chi connectivity index (χ4v) is 2.25. The minimum Gasteiger partial charge on any atom is -0.343 e. The summed E-state index contributed by atoms with van der Waals surface area (Å²) in [5.74, 6) is -1.17. The van der Waals surface area contributed by atoms with E-state index in [2.05, 4.69) is 0 Å². The number of likely N-dealkylation sites (tertiary alicyclic amines) is 1. The average molecular weight is 246 g/mol. The van der Waals surface area contributed by atoms with Gasteiger partial charge >= 0.3 is 0 Å². The largest absolute Gasteiger partial charge is 0.343 e. The smallest absolute Gasteiger partial charge is 0.224 e. The van der Waals surface area contributed by atoms with Gasteiger partial charge in [-0.3, -0.25) is 4.79 Å². The number of nitrogens with zero attached hydrogens (tertiary/aromatic N) is 2. The summed E-state index contributed by atoms with van der Waals surface area (Å²) in [4.78, 5) is 13.7. The molecule has 1 aliphatic rings. The molecule has 94 valence electrons. The van der Waals surface area contributed by atoms with Crippen LogP contribution in [0.2, 0.25) is 0 Å². The van der Waals surface area contributed by atoms with E-state index in [9.17, 15) is 9.18 Å². The van der Waals surface area contributed by atoms with Crippen molar-refractivity contribution in [2.24, 2.45) is 0 Å². The van der Waals surface area contributed by atoms with Crippen molar-refractivity contribution in [1.82, 2.24) is 4.90 Å². The minimum absolute atomic E-state index is 0.0534. The van der Waals surface area contributed by atoms with Gasteiger partial charge in [-0.05, 0) is 18.9 Å². The topological polar surface area (TPSA) is 44.1 Å². The fourth-order valence-electron chi connectivity index (χ4n) is 2.25. The molecule has 0 saturated carbocycles. The summed E-state index contributed by atoms with van der Waals surface area (Å²) in [6, 6.07) is 8.18. The summed E-state index contributed by atoms with van der Waals surface area (Å²) in [5.41, 5.74) is 0.313. The normalized spacial score (nSPS) is 16.3. The summed E-state index contributed by atoms with van der Waals surface area (Å²) >= 11 is 0. The van der Waals surface area contributed by atoms with Crippen LogP contribution in [0.4, 0.5) is 4.39 Å². The summed E-state index contributed by atoms with van der Waals surface area (Å²) in [7, 11) is 0. The van der Waals surface area contributed by atoms with Crippen molar-refractivity contribution in [1.29, 1.82) is 5.26 Å². The van der Waals surface area contributed by atoms with Crippen molar-refractivity contribution in [3.8, 4) is 6.07 Å². The third kappa shape index (κ3) is 2.67. The van der Waals surface area contributed by atoms with E-state index in [-0.39, 0.29) is 12.3 Å². The first-order valence-electron chi connectivity index (χ1n) is 6.14. The fraction of sp³-hybridized carbons (Fsp3) is 0.429. The summed E-state index contributed by atoms with van der Waals surface area (Å²) in [6.45, 7) is 1.52. The van der Waals surface area contributed by atoms with Gasteiger partial charge in [0, 0.05) is 25.1 Å². The van der Waals surface area contributed by atoms with E-state index >= 15 is 0 Å². The molecular formula is C14H15FN2O. The Morgan fingerprint density at radius 1 is 1.39 bits per heavy atom. The van der Waals surface area contributed by atoms with Crippen molar-refractivity contribution in [2.45, 2.75) is 25.2 Å². The van der Waals surface area contributed by atoms with Crippen molar-refractivity contribution in [2.75, 3.05) is 13.1 Å². The molecule has 3 nitrogen and oxygen atoms in total. The van der Waals surface area contributed by atoms with Crippen LogP contribution in [0.5, 0.6) is 0 Å². The quantitative estimate of drug-likeness (QED) is 0.822. The number of benzene rings is 1. The second-order valence-corrected chi connectivity index (χ2v) is 4.50.